The van der Waals surface area contributed by atoms with Gasteiger partial charge in [0, 0.05) is 12.1 Å². The van der Waals surface area contributed by atoms with Gasteiger partial charge in [0.2, 0.25) is 0 Å². The Kier molecular flexibility index (Phi) is 2.81. The molecule has 0 radical (unpaired) electrons. The first kappa shape index (κ1) is 9.90. The number of fused-ring (bicyclic) bond motifs is 1. The van der Waals surface area contributed by atoms with E-state index in [4.69, 9.17) is 4.74 Å². The Balaban J connectivity index is 2.34. The molecule has 0 bridgehead atoms. The van der Waals surface area contributed by atoms with Crippen molar-refractivity contribution in [3.05, 3.63) is 35.4 Å². The maximum Gasteiger partial charge on any atom is 0.357 e. The fourth-order valence-electron chi connectivity index (χ4n) is 1.72. The largest absolute Gasteiger partial charge is 0.461 e. The number of hydrogen-bond donors (Lipinski definition) is 0. The zero-order valence-electron chi connectivity index (χ0n) is 8.69. The van der Waals surface area contributed by atoms with Crippen molar-refractivity contribution in [2.24, 2.45) is 4.99 Å². The fourth-order valence-corrected chi connectivity index (χ4v) is 1.72. The summed E-state index contributed by atoms with van der Waals surface area (Å²) in [6.45, 7) is 2.86. The van der Waals surface area contributed by atoms with E-state index in [2.05, 4.69) is 4.99 Å². The average molecular weight is 203 g/mol. The zero-order valence-corrected chi connectivity index (χ0v) is 8.69. The summed E-state index contributed by atoms with van der Waals surface area (Å²) < 4.78 is 4.97. The van der Waals surface area contributed by atoms with Gasteiger partial charge in [-0.25, -0.2) is 4.79 Å². The van der Waals surface area contributed by atoms with Gasteiger partial charge in [0.25, 0.3) is 0 Å². The van der Waals surface area contributed by atoms with Gasteiger partial charge in [-0.1, -0.05) is 24.3 Å². The van der Waals surface area contributed by atoms with Crippen LogP contribution in [0.4, 0.5) is 0 Å². The summed E-state index contributed by atoms with van der Waals surface area (Å²) in [6, 6.07) is 7.85. The van der Waals surface area contributed by atoms with Crippen molar-refractivity contribution in [1.82, 2.24) is 0 Å². The molecule has 0 unspecified atom stereocenters. The van der Waals surface area contributed by atoms with Gasteiger partial charge < -0.3 is 4.74 Å². The lowest BCUT2D eigenvalue weighted by atomic mass is 9.98. The summed E-state index contributed by atoms with van der Waals surface area (Å²) in [4.78, 5) is 15.8. The topological polar surface area (TPSA) is 38.7 Å². The highest BCUT2D eigenvalue weighted by Crippen LogP contribution is 2.16. The van der Waals surface area contributed by atoms with Crippen molar-refractivity contribution >= 4 is 11.7 Å². The first-order valence-corrected chi connectivity index (χ1v) is 5.12. The molecule has 15 heavy (non-hydrogen) atoms. The fraction of sp³-hybridized carbons (Fsp3) is 0.333. The molecule has 1 aliphatic rings. The number of hydrogen-bond acceptors (Lipinski definition) is 3. The number of ether oxygens (including phenoxy) is 1. The minimum Gasteiger partial charge on any atom is -0.461 e. The quantitative estimate of drug-likeness (QED) is 0.685. The smallest absolute Gasteiger partial charge is 0.357 e. The highest BCUT2D eigenvalue weighted by molar-refractivity contribution is 6.43. The summed E-state index contributed by atoms with van der Waals surface area (Å²) in [6.07, 6.45) is 0.902. The Bertz CT molecular complexity index is 410. The van der Waals surface area contributed by atoms with Crippen LogP contribution in [0.3, 0.4) is 0 Å². The third kappa shape index (κ3) is 1.91. The van der Waals surface area contributed by atoms with E-state index >= 15 is 0 Å². The third-order valence-corrected chi connectivity index (χ3v) is 2.39. The highest BCUT2D eigenvalue weighted by atomic mass is 16.5. The molecule has 2 rings (SSSR count). The van der Waals surface area contributed by atoms with Gasteiger partial charge in [-0.2, -0.15) is 0 Å². The molecule has 0 aromatic heterocycles. The number of carbonyl (C=O) groups is 1. The van der Waals surface area contributed by atoms with E-state index in [-0.39, 0.29) is 5.97 Å². The van der Waals surface area contributed by atoms with Crippen molar-refractivity contribution in [3.63, 3.8) is 0 Å². The van der Waals surface area contributed by atoms with E-state index in [9.17, 15) is 4.79 Å². The Morgan fingerprint density at radius 3 is 3.07 bits per heavy atom. The van der Waals surface area contributed by atoms with Gasteiger partial charge in [-0.3, -0.25) is 4.99 Å². The van der Waals surface area contributed by atoms with Crippen LogP contribution in [-0.4, -0.2) is 24.8 Å². The van der Waals surface area contributed by atoms with Crippen LogP contribution in [0.5, 0.6) is 0 Å². The van der Waals surface area contributed by atoms with Crippen molar-refractivity contribution < 1.29 is 9.53 Å². The first-order valence-electron chi connectivity index (χ1n) is 5.12. The van der Waals surface area contributed by atoms with Crippen LogP contribution >= 0.6 is 0 Å². The molecule has 0 amide bonds. The maximum atomic E-state index is 11.6. The molecule has 0 N–H and O–H groups in total. The van der Waals surface area contributed by atoms with Crippen LogP contribution in [0.1, 0.15) is 18.1 Å². The van der Waals surface area contributed by atoms with Crippen molar-refractivity contribution in [3.8, 4) is 0 Å². The molecule has 1 aromatic carbocycles. The second-order valence-corrected chi connectivity index (χ2v) is 3.36. The average Bonchev–Trinajstić information content (AvgIpc) is 2.28. The minimum atomic E-state index is -0.315. The number of nitrogens with zero attached hydrogens (tertiary/aromatic N) is 1. The van der Waals surface area contributed by atoms with E-state index in [0.717, 1.165) is 12.0 Å². The van der Waals surface area contributed by atoms with Gasteiger partial charge >= 0.3 is 5.97 Å². The molecule has 1 aliphatic heterocycles. The molecule has 0 atom stereocenters. The Hall–Kier alpha value is -1.64. The summed E-state index contributed by atoms with van der Waals surface area (Å²) in [7, 11) is 0. The van der Waals surface area contributed by atoms with E-state index in [1.165, 1.54) is 5.56 Å². The summed E-state index contributed by atoms with van der Waals surface area (Å²) >= 11 is 0. The van der Waals surface area contributed by atoms with Gasteiger partial charge in [0.1, 0.15) is 0 Å². The van der Waals surface area contributed by atoms with Crippen LogP contribution < -0.4 is 0 Å². The Labute approximate surface area is 88.8 Å². The standard InChI is InChI=1S/C12H13NO2/c1-2-15-12(14)11-10-6-4-3-5-9(10)7-8-13-11/h3-6H,2,7-8H2,1H3. The predicted octanol–water partition coefficient (Wildman–Crippen LogP) is 1.59. The molecule has 0 saturated heterocycles. The van der Waals surface area contributed by atoms with Crippen molar-refractivity contribution in [2.45, 2.75) is 13.3 Å². The van der Waals surface area contributed by atoms with Crippen molar-refractivity contribution in [2.75, 3.05) is 13.2 Å². The lowest BCUT2D eigenvalue weighted by Crippen LogP contribution is -2.23. The monoisotopic (exact) mass is 203 g/mol. The third-order valence-electron chi connectivity index (χ3n) is 2.39. The molecular formula is C12H13NO2. The SMILES string of the molecule is CCOC(=O)C1=NCCc2ccccc21. The summed E-state index contributed by atoms with van der Waals surface area (Å²) in [5.41, 5.74) is 2.57. The molecule has 1 aromatic rings. The van der Waals surface area contributed by atoms with Crippen LogP contribution in [0.2, 0.25) is 0 Å². The lowest BCUT2D eigenvalue weighted by Gasteiger charge is -2.15. The molecule has 0 aliphatic carbocycles. The molecule has 3 nitrogen and oxygen atoms in total. The highest BCUT2D eigenvalue weighted by Gasteiger charge is 2.20. The second kappa shape index (κ2) is 4.26. The Morgan fingerprint density at radius 1 is 1.47 bits per heavy atom. The number of carbonyl (C=O) groups excluding carboxylic acids is 1. The zero-order chi connectivity index (χ0) is 10.7. The lowest BCUT2D eigenvalue weighted by molar-refractivity contribution is -0.134. The van der Waals surface area contributed by atoms with Gasteiger partial charge in [-0.05, 0) is 18.9 Å². The summed E-state index contributed by atoms with van der Waals surface area (Å²) in [5, 5.41) is 0. The van der Waals surface area contributed by atoms with E-state index < -0.39 is 0 Å². The van der Waals surface area contributed by atoms with Gasteiger partial charge in [0.15, 0.2) is 5.71 Å². The molecule has 78 valence electrons. The molecule has 0 fully saturated rings. The number of benzene rings is 1. The van der Waals surface area contributed by atoms with Crippen LogP contribution in [0, 0.1) is 0 Å². The van der Waals surface area contributed by atoms with Crippen molar-refractivity contribution in [1.29, 1.82) is 0 Å². The van der Waals surface area contributed by atoms with Gasteiger partial charge in [-0.15, -0.1) is 0 Å². The predicted molar refractivity (Wildman–Crippen MR) is 58.2 cm³/mol. The normalized spacial score (nSPS) is 14.1. The number of esters is 1. The number of aliphatic imine (C=N–C) groups is 1. The molecule has 1 heterocycles. The van der Waals surface area contributed by atoms with Gasteiger partial charge in [0.05, 0.1) is 6.61 Å². The molecule has 3 heteroatoms. The minimum absolute atomic E-state index is 0.315. The van der Waals surface area contributed by atoms with E-state index in [0.29, 0.717) is 18.9 Å². The number of rotatable bonds is 2. The molecular weight excluding hydrogens is 190 g/mol. The molecule has 0 saturated carbocycles. The Morgan fingerprint density at radius 2 is 2.27 bits per heavy atom. The van der Waals surface area contributed by atoms with E-state index in [1.807, 2.05) is 24.3 Å². The van der Waals surface area contributed by atoms with Crippen LogP contribution in [-0.2, 0) is 16.0 Å². The van der Waals surface area contributed by atoms with Crippen LogP contribution in [0.25, 0.3) is 0 Å². The van der Waals surface area contributed by atoms with Crippen LogP contribution in [0.15, 0.2) is 29.3 Å². The molecule has 0 spiro atoms. The second-order valence-electron chi connectivity index (χ2n) is 3.36. The first-order chi connectivity index (χ1) is 7.33. The van der Waals surface area contributed by atoms with E-state index in [1.54, 1.807) is 6.92 Å². The maximum absolute atomic E-state index is 11.6. The summed E-state index contributed by atoms with van der Waals surface area (Å²) in [5.74, 6) is -0.315.